The Bertz CT molecular complexity index is 487. The van der Waals surface area contributed by atoms with Gasteiger partial charge in [0.05, 0.1) is 13.2 Å². The van der Waals surface area contributed by atoms with Gasteiger partial charge in [0.15, 0.2) is 5.82 Å². The Morgan fingerprint density at radius 1 is 1.60 bits per heavy atom. The largest absolute Gasteiger partial charge is 0.487 e. The Labute approximate surface area is 120 Å². The molecule has 1 N–H and O–H groups in total. The summed E-state index contributed by atoms with van der Waals surface area (Å²) in [5.74, 6) is 0.655. The van der Waals surface area contributed by atoms with Crippen molar-refractivity contribution < 1.29 is 18.3 Å². The van der Waals surface area contributed by atoms with Gasteiger partial charge in [0.25, 0.3) is 0 Å². The third kappa shape index (κ3) is 3.50. The van der Waals surface area contributed by atoms with Crippen molar-refractivity contribution in [3.05, 3.63) is 11.6 Å². The minimum atomic E-state index is -3.67. The molecule has 0 aromatic heterocycles. The van der Waals surface area contributed by atoms with E-state index in [2.05, 4.69) is 4.99 Å². The van der Waals surface area contributed by atoms with Crippen LogP contribution >= 0.6 is 0 Å². The molecule has 0 aliphatic carbocycles. The molecule has 0 aromatic carbocycles. The van der Waals surface area contributed by atoms with Crippen LogP contribution in [0.5, 0.6) is 0 Å². The molecule has 0 saturated carbocycles. The third-order valence-electron chi connectivity index (χ3n) is 2.93. The third-order valence-corrected chi connectivity index (χ3v) is 4.78. The zero-order chi connectivity index (χ0) is 15.3. The van der Waals surface area contributed by atoms with Crippen molar-refractivity contribution in [2.75, 3.05) is 26.7 Å². The number of aliphatic hydroxyl groups excluding tert-OH is 1. The van der Waals surface area contributed by atoms with Gasteiger partial charge in [0.1, 0.15) is 11.9 Å². The van der Waals surface area contributed by atoms with Gasteiger partial charge in [-0.3, -0.25) is 0 Å². The molecule has 0 aromatic rings. The quantitative estimate of drug-likeness (QED) is 0.726. The van der Waals surface area contributed by atoms with Crippen molar-refractivity contribution in [2.45, 2.75) is 33.3 Å². The summed E-state index contributed by atoms with van der Waals surface area (Å²) in [5.41, 5.74) is 0. The summed E-state index contributed by atoms with van der Waals surface area (Å²) in [7, 11) is -2.13. The molecule has 0 amide bonds. The Balaban J connectivity index is 3.20. The van der Waals surface area contributed by atoms with Gasteiger partial charge in [-0.25, -0.2) is 9.30 Å². The van der Waals surface area contributed by atoms with E-state index in [0.717, 1.165) is 6.42 Å². The number of rotatable bonds is 6. The van der Waals surface area contributed by atoms with E-state index in [0.29, 0.717) is 12.3 Å². The maximum atomic E-state index is 12.6. The Hall–Kier alpha value is -1.12. The molecule has 20 heavy (non-hydrogen) atoms. The molecule has 0 spiro atoms. The number of ether oxygens (including phenoxy) is 1. The number of aliphatic hydroxyl groups is 1. The van der Waals surface area contributed by atoms with Gasteiger partial charge in [-0.15, -0.1) is 0 Å². The molecule has 1 aliphatic rings. The Kier molecular flexibility index (Phi) is 5.97. The molecule has 116 valence electrons. The van der Waals surface area contributed by atoms with Crippen molar-refractivity contribution in [3.63, 3.8) is 0 Å². The molecule has 0 unspecified atom stereocenters. The van der Waals surface area contributed by atoms with Gasteiger partial charge in [-0.2, -0.15) is 12.7 Å². The second kappa shape index (κ2) is 7.05. The lowest BCUT2D eigenvalue weighted by Gasteiger charge is -2.36. The lowest BCUT2D eigenvalue weighted by Crippen LogP contribution is -2.48. The maximum absolute atomic E-state index is 12.6. The molecular formula is C12H23N3O4S. The number of aliphatic imine (C=N–C) groups is 1. The van der Waals surface area contributed by atoms with Crippen molar-refractivity contribution in [1.82, 2.24) is 8.61 Å². The summed E-state index contributed by atoms with van der Waals surface area (Å²) in [5, 5.41) is 9.23. The number of hydrogen-bond acceptors (Lipinski definition) is 5. The molecule has 1 aliphatic heterocycles. The van der Waals surface area contributed by atoms with E-state index >= 15 is 0 Å². The first-order valence-electron chi connectivity index (χ1n) is 6.59. The summed E-state index contributed by atoms with van der Waals surface area (Å²) in [6.07, 6.45) is 1.66. The lowest BCUT2D eigenvalue weighted by molar-refractivity contribution is 0.0283. The standard InChI is InChI=1S/C12H23N3O4S/c1-5-7-14(4)20(17,18)15-8-11(9-16)19-10(3)12(15)13-6-2/h6,11,16H,5,7-9H2,1-4H3/b13-6-/t11-/m1/s1. The fourth-order valence-electron chi connectivity index (χ4n) is 1.96. The monoisotopic (exact) mass is 305 g/mol. The van der Waals surface area contributed by atoms with Gasteiger partial charge in [-0.1, -0.05) is 6.92 Å². The predicted molar refractivity (Wildman–Crippen MR) is 77.4 cm³/mol. The lowest BCUT2D eigenvalue weighted by atomic mass is 10.3. The SMILES string of the molecule is C/C=N\C1=C(C)O[C@@H](CO)CN1S(=O)(=O)N(C)CCC. The molecule has 8 heteroatoms. The number of allylic oxidation sites excluding steroid dienone is 1. The second-order valence-electron chi connectivity index (χ2n) is 4.55. The minimum absolute atomic E-state index is 0.0525. The highest BCUT2D eigenvalue weighted by molar-refractivity contribution is 7.86. The number of nitrogens with zero attached hydrogens (tertiary/aromatic N) is 3. The molecule has 1 atom stereocenters. The van der Waals surface area contributed by atoms with Crippen LogP contribution in [0.1, 0.15) is 27.2 Å². The van der Waals surface area contributed by atoms with Gasteiger partial charge in [0.2, 0.25) is 0 Å². The first-order chi connectivity index (χ1) is 9.38. The molecule has 0 saturated heterocycles. The van der Waals surface area contributed by atoms with Gasteiger partial charge >= 0.3 is 10.2 Å². The topological polar surface area (TPSA) is 82.4 Å². The highest BCUT2D eigenvalue weighted by Gasteiger charge is 2.35. The summed E-state index contributed by atoms with van der Waals surface area (Å²) in [6.45, 7) is 5.49. The highest BCUT2D eigenvalue weighted by Crippen LogP contribution is 2.26. The van der Waals surface area contributed by atoms with Crippen LogP contribution in [0, 0.1) is 0 Å². The van der Waals surface area contributed by atoms with E-state index in [-0.39, 0.29) is 19.0 Å². The van der Waals surface area contributed by atoms with Crippen LogP contribution in [-0.2, 0) is 14.9 Å². The Morgan fingerprint density at radius 3 is 2.75 bits per heavy atom. The average molecular weight is 305 g/mol. The zero-order valence-corrected chi connectivity index (χ0v) is 13.2. The molecule has 1 heterocycles. The first kappa shape index (κ1) is 16.9. The van der Waals surface area contributed by atoms with E-state index in [4.69, 9.17) is 4.74 Å². The first-order valence-corrected chi connectivity index (χ1v) is 7.99. The molecule has 0 radical (unpaired) electrons. The molecular weight excluding hydrogens is 282 g/mol. The van der Waals surface area contributed by atoms with E-state index in [1.807, 2.05) is 6.92 Å². The van der Waals surface area contributed by atoms with Crippen molar-refractivity contribution in [1.29, 1.82) is 0 Å². The van der Waals surface area contributed by atoms with Crippen LogP contribution in [0.3, 0.4) is 0 Å². The Morgan fingerprint density at radius 2 is 2.25 bits per heavy atom. The predicted octanol–water partition coefficient (Wildman–Crippen LogP) is 0.546. The average Bonchev–Trinajstić information content (AvgIpc) is 2.40. The van der Waals surface area contributed by atoms with Crippen molar-refractivity contribution in [3.8, 4) is 0 Å². The van der Waals surface area contributed by atoms with Crippen LogP contribution in [-0.4, -0.2) is 61.2 Å². The van der Waals surface area contributed by atoms with Crippen LogP contribution in [0.4, 0.5) is 0 Å². The van der Waals surface area contributed by atoms with E-state index in [9.17, 15) is 13.5 Å². The highest BCUT2D eigenvalue weighted by atomic mass is 32.2. The summed E-state index contributed by atoms with van der Waals surface area (Å²) in [6, 6.07) is 0. The van der Waals surface area contributed by atoms with Gasteiger partial charge in [0, 0.05) is 19.8 Å². The van der Waals surface area contributed by atoms with E-state index < -0.39 is 16.3 Å². The molecule has 0 bridgehead atoms. The fraction of sp³-hybridized carbons (Fsp3) is 0.750. The fourth-order valence-corrected chi connectivity index (χ4v) is 3.46. The van der Waals surface area contributed by atoms with Crippen molar-refractivity contribution in [2.24, 2.45) is 4.99 Å². The maximum Gasteiger partial charge on any atom is 0.305 e. The van der Waals surface area contributed by atoms with Crippen molar-refractivity contribution >= 4 is 16.4 Å². The van der Waals surface area contributed by atoms with E-state index in [1.54, 1.807) is 13.8 Å². The molecule has 0 fully saturated rings. The minimum Gasteiger partial charge on any atom is -0.487 e. The normalized spacial score (nSPS) is 20.9. The second-order valence-corrected chi connectivity index (χ2v) is 6.51. The summed E-state index contributed by atoms with van der Waals surface area (Å²) in [4.78, 5) is 4.09. The van der Waals surface area contributed by atoms with Crippen LogP contribution in [0.15, 0.2) is 16.6 Å². The van der Waals surface area contributed by atoms with Crippen LogP contribution < -0.4 is 0 Å². The van der Waals surface area contributed by atoms with Crippen LogP contribution in [0.25, 0.3) is 0 Å². The zero-order valence-electron chi connectivity index (χ0n) is 12.4. The van der Waals surface area contributed by atoms with E-state index in [1.165, 1.54) is 21.9 Å². The molecule has 1 rings (SSSR count). The van der Waals surface area contributed by atoms with Crippen LogP contribution in [0.2, 0.25) is 0 Å². The van der Waals surface area contributed by atoms with Gasteiger partial charge < -0.3 is 9.84 Å². The summed E-state index contributed by atoms with van der Waals surface area (Å²) < 4.78 is 33.1. The smallest absolute Gasteiger partial charge is 0.305 e. The molecule has 7 nitrogen and oxygen atoms in total. The number of hydrogen-bond donors (Lipinski definition) is 1. The van der Waals surface area contributed by atoms with Gasteiger partial charge in [-0.05, 0) is 20.3 Å². The summed E-state index contributed by atoms with van der Waals surface area (Å²) >= 11 is 0.